The van der Waals surface area contributed by atoms with Crippen molar-refractivity contribution in [3.8, 4) is 0 Å². The minimum absolute atomic E-state index is 0.527. The maximum absolute atomic E-state index is 10.5. The Kier molecular flexibility index (Phi) is 6.45. The number of aliphatic carboxylic acids is 1. The van der Waals surface area contributed by atoms with Gasteiger partial charge in [0.15, 0.2) is 0 Å². The number of aryl methyl sites for hydroxylation is 1. The second-order valence-electron chi connectivity index (χ2n) is 4.08. The van der Waals surface area contributed by atoms with E-state index in [1.54, 1.807) is 0 Å². The fourth-order valence-corrected chi connectivity index (χ4v) is 2.05. The molecular formula is C13H17ClO2S. The zero-order valence-electron chi connectivity index (χ0n) is 9.60. The summed E-state index contributed by atoms with van der Waals surface area (Å²) in [5.74, 6) is -0.830. The van der Waals surface area contributed by atoms with Crippen LogP contribution in [0.1, 0.15) is 31.2 Å². The van der Waals surface area contributed by atoms with E-state index in [-0.39, 0.29) is 0 Å². The van der Waals surface area contributed by atoms with Gasteiger partial charge in [-0.1, -0.05) is 36.6 Å². The molecule has 17 heavy (non-hydrogen) atoms. The van der Waals surface area contributed by atoms with Gasteiger partial charge >= 0.3 is 5.97 Å². The highest BCUT2D eigenvalue weighted by Crippen LogP contribution is 2.15. The molecule has 0 bridgehead atoms. The van der Waals surface area contributed by atoms with Crippen LogP contribution < -0.4 is 0 Å². The topological polar surface area (TPSA) is 37.3 Å². The van der Waals surface area contributed by atoms with E-state index < -0.39 is 11.2 Å². The second-order valence-corrected chi connectivity index (χ2v) is 5.14. The van der Waals surface area contributed by atoms with Gasteiger partial charge in [-0.15, -0.1) is 0 Å². The smallest absolute Gasteiger partial charge is 0.316 e. The molecule has 0 fully saturated rings. The lowest BCUT2D eigenvalue weighted by Crippen LogP contribution is -2.12. The molecule has 94 valence electrons. The molecule has 0 aliphatic rings. The molecule has 0 saturated heterocycles. The summed E-state index contributed by atoms with van der Waals surface area (Å²) in [5, 5.41) is 8.90. The molecule has 1 unspecified atom stereocenters. The molecule has 0 aromatic heterocycles. The van der Waals surface area contributed by atoms with E-state index in [1.807, 2.05) is 18.2 Å². The first-order valence-electron chi connectivity index (χ1n) is 5.75. The molecule has 1 rings (SSSR count). The molecule has 0 radical (unpaired) electrons. The molecule has 0 aliphatic carbocycles. The molecule has 0 heterocycles. The Balaban J connectivity index is 2.14. The van der Waals surface area contributed by atoms with Crippen LogP contribution in [0.5, 0.6) is 0 Å². The standard InChI is InChI=1S/C13H17ClO2S/c14-11-7-4-6-10(9-11)5-2-1-3-8-12(17)13(15)16/h4,6-7,9,12,17H,1-3,5,8H2,(H,15,16). The third kappa shape index (κ3) is 5.99. The number of thiol groups is 1. The number of hydrogen-bond donors (Lipinski definition) is 2. The lowest BCUT2D eigenvalue weighted by atomic mass is 10.1. The fraction of sp³-hybridized carbons (Fsp3) is 0.462. The van der Waals surface area contributed by atoms with E-state index >= 15 is 0 Å². The molecule has 0 saturated carbocycles. The highest BCUT2D eigenvalue weighted by atomic mass is 35.5. The van der Waals surface area contributed by atoms with Crippen molar-refractivity contribution < 1.29 is 9.90 Å². The van der Waals surface area contributed by atoms with Crippen LogP contribution in [-0.2, 0) is 11.2 Å². The maximum Gasteiger partial charge on any atom is 0.316 e. The first-order valence-corrected chi connectivity index (χ1v) is 6.64. The van der Waals surface area contributed by atoms with E-state index in [1.165, 1.54) is 5.56 Å². The SMILES string of the molecule is O=C(O)C(S)CCCCCc1cccc(Cl)c1. The normalized spacial score (nSPS) is 12.4. The number of benzene rings is 1. The molecule has 0 amide bonds. The summed E-state index contributed by atoms with van der Waals surface area (Å²) < 4.78 is 0. The van der Waals surface area contributed by atoms with Gasteiger partial charge in [-0.3, -0.25) is 4.79 Å². The Morgan fingerprint density at radius 3 is 2.76 bits per heavy atom. The first kappa shape index (κ1) is 14.4. The first-order chi connectivity index (χ1) is 8.09. The van der Waals surface area contributed by atoms with Gasteiger partial charge in [-0.2, -0.15) is 12.6 Å². The number of carboxylic acid groups (broad SMARTS) is 1. The number of carbonyl (C=O) groups is 1. The maximum atomic E-state index is 10.5. The summed E-state index contributed by atoms with van der Waals surface area (Å²) >= 11 is 9.88. The minimum Gasteiger partial charge on any atom is -0.480 e. The molecule has 0 aliphatic heterocycles. The van der Waals surface area contributed by atoms with Crippen molar-refractivity contribution in [1.82, 2.24) is 0 Å². The summed E-state index contributed by atoms with van der Waals surface area (Å²) in [5.41, 5.74) is 1.23. The average Bonchev–Trinajstić information content (AvgIpc) is 2.28. The summed E-state index contributed by atoms with van der Waals surface area (Å²) in [6, 6.07) is 7.85. The van der Waals surface area contributed by atoms with E-state index in [4.69, 9.17) is 16.7 Å². The Hall–Kier alpha value is -0.670. The Bertz CT molecular complexity index is 368. The quantitative estimate of drug-likeness (QED) is 0.585. The Labute approximate surface area is 112 Å². The van der Waals surface area contributed by atoms with E-state index in [2.05, 4.69) is 18.7 Å². The predicted octanol–water partition coefficient (Wildman–Crippen LogP) is 3.83. The third-order valence-corrected chi connectivity index (χ3v) is 3.33. The zero-order valence-corrected chi connectivity index (χ0v) is 11.3. The number of rotatable bonds is 7. The molecule has 1 aromatic rings. The molecule has 4 heteroatoms. The van der Waals surface area contributed by atoms with Gasteiger partial charge in [0.05, 0.1) is 5.25 Å². The highest BCUT2D eigenvalue weighted by Gasteiger charge is 2.10. The highest BCUT2D eigenvalue weighted by molar-refractivity contribution is 7.81. The molecule has 1 atom stereocenters. The van der Waals surface area contributed by atoms with E-state index in [0.29, 0.717) is 6.42 Å². The zero-order chi connectivity index (χ0) is 12.7. The molecule has 0 spiro atoms. The van der Waals surface area contributed by atoms with Crippen LogP contribution in [-0.4, -0.2) is 16.3 Å². The predicted molar refractivity (Wildman–Crippen MR) is 74.0 cm³/mol. The average molecular weight is 273 g/mol. The van der Waals surface area contributed by atoms with Gasteiger partial charge in [0.25, 0.3) is 0 Å². The van der Waals surface area contributed by atoms with Crippen molar-refractivity contribution in [2.24, 2.45) is 0 Å². The van der Waals surface area contributed by atoms with Crippen molar-refractivity contribution in [3.63, 3.8) is 0 Å². The fourth-order valence-electron chi connectivity index (χ4n) is 1.66. The van der Waals surface area contributed by atoms with Crippen LogP contribution in [0.15, 0.2) is 24.3 Å². The van der Waals surface area contributed by atoms with Crippen LogP contribution in [0.2, 0.25) is 5.02 Å². The number of halogens is 1. The summed E-state index contributed by atoms with van der Waals surface area (Å²) in [4.78, 5) is 10.5. The van der Waals surface area contributed by atoms with Crippen LogP contribution in [0.4, 0.5) is 0 Å². The molecule has 2 nitrogen and oxygen atoms in total. The van der Waals surface area contributed by atoms with Crippen molar-refractivity contribution in [1.29, 1.82) is 0 Å². The Morgan fingerprint density at radius 1 is 1.35 bits per heavy atom. The summed E-state index contributed by atoms with van der Waals surface area (Å²) in [7, 11) is 0. The summed E-state index contributed by atoms with van der Waals surface area (Å²) in [6.45, 7) is 0. The lowest BCUT2D eigenvalue weighted by molar-refractivity contribution is -0.136. The Morgan fingerprint density at radius 2 is 2.12 bits per heavy atom. The largest absolute Gasteiger partial charge is 0.480 e. The van der Waals surface area contributed by atoms with Crippen LogP contribution >= 0.6 is 24.2 Å². The van der Waals surface area contributed by atoms with Crippen LogP contribution in [0.3, 0.4) is 0 Å². The summed E-state index contributed by atoms with van der Waals surface area (Å²) in [6.07, 6.45) is 4.61. The van der Waals surface area contributed by atoms with E-state index in [0.717, 1.165) is 30.7 Å². The van der Waals surface area contributed by atoms with Gasteiger partial charge in [-0.05, 0) is 37.0 Å². The van der Waals surface area contributed by atoms with Crippen LogP contribution in [0.25, 0.3) is 0 Å². The van der Waals surface area contributed by atoms with Gasteiger partial charge < -0.3 is 5.11 Å². The molecule has 1 aromatic carbocycles. The van der Waals surface area contributed by atoms with Gasteiger partial charge in [0, 0.05) is 5.02 Å². The number of hydrogen-bond acceptors (Lipinski definition) is 2. The van der Waals surface area contributed by atoms with E-state index in [9.17, 15) is 4.79 Å². The lowest BCUT2D eigenvalue weighted by Gasteiger charge is -2.05. The van der Waals surface area contributed by atoms with Gasteiger partial charge in [-0.25, -0.2) is 0 Å². The number of carboxylic acids is 1. The third-order valence-electron chi connectivity index (χ3n) is 2.62. The van der Waals surface area contributed by atoms with Gasteiger partial charge in [0.1, 0.15) is 0 Å². The second kappa shape index (κ2) is 7.62. The van der Waals surface area contributed by atoms with Crippen molar-refractivity contribution in [3.05, 3.63) is 34.9 Å². The van der Waals surface area contributed by atoms with Crippen molar-refractivity contribution >= 4 is 30.2 Å². The minimum atomic E-state index is -0.830. The van der Waals surface area contributed by atoms with Crippen LogP contribution in [0, 0.1) is 0 Å². The monoisotopic (exact) mass is 272 g/mol. The van der Waals surface area contributed by atoms with Crippen molar-refractivity contribution in [2.45, 2.75) is 37.4 Å². The van der Waals surface area contributed by atoms with Crippen molar-refractivity contribution in [2.75, 3.05) is 0 Å². The number of unbranched alkanes of at least 4 members (excludes halogenated alkanes) is 2. The van der Waals surface area contributed by atoms with Gasteiger partial charge in [0.2, 0.25) is 0 Å². The molecular weight excluding hydrogens is 256 g/mol. The molecule has 1 N–H and O–H groups in total.